The van der Waals surface area contributed by atoms with Crippen molar-refractivity contribution in [2.45, 2.75) is 11.4 Å². The Balaban J connectivity index is 1.71. The quantitative estimate of drug-likeness (QED) is 0.670. The summed E-state index contributed by atoms with van der Waals surface area (Å²) in [5.41, 5.74) is 0.580. The highest BCUT2D eigenvalue weighted by molar-refractivity contribution is 7.89. The standard InChI is InChI=1S/C18H14FNO3S2/c19-14-7-4-8-16(11-14)25(22,23)20-12-15-9-10-17(24-15)18(21)13-5-2-1-3-6-13/h1-11,20H,12H2. The van der Waals surface area contributed by atoms with Crippen LogP contribution in [0.2, 0.25) is 0 Å². The summed E-state index contributed by atoms with van der Waals surface area (Å²) in [6.45, 7) is 0.0333. The Labute approximate surface area is 149 Å². The van der Waals surface area contributed by atoms with Gasteiger partial charge in [0.25, 0.3) is 0 Å². The molecule has 0 bridgehead atoms. The number of sulfonamides is 1. The van der Waals surface area contributed by atoms with E-state index in [0.29, 0.717) is 15.3 Å². The van der Waals surface area contributed by atoms with Gasteiger partial charge in [-0.2, -0.15) is 0 Å². The molecule has 3 aromatic rings. The highest BCUT2D eigenvalue weighted by Crippen LogP contribution is 2.21. The summed E-state index contributed by atoms with van der Waals surface area (Å²) < 4.78 is 40.0. The van der Waals surface area contributed by atoms with Gasteiger partial charge in [0.2, 0.25) is 15.8 Å². The number of hydrogen-bond acceptors (Lipinski definition) is 4. The molecule has 1 aromatic heterocycles. The van der Waals surface area contributed by atoms with Gasteiger partial charge in [0, 0.05) is 17.0 Å². The van der Waals surface area contributed by atoms with E-state index in [-0.39, 0.29) is 17.2 Å². The van der Waals surface area contributed by atoms with Crippen LogP contribution in [0.1, 0.15) is 20.1 Å². The van der Waals surface area contributed by atoms with Crippen LogP contribution in [0.4, 0.5) is 4.39 Å². The molecule has 7 heteroatoms. The fourth-order valence-electron chi connectivity index (χ4n) is 2.21. The van der Waals surface area contributed by atoms with E-state index < -0.39 is 15.8 Å². The normalized spacial score (nSPS) is 11.4. The van der Waals surface area contributed by atoms with Gasteiger partial charge >= 0.3 is 0 Å². The third kappa shape index (κ3) is 4.19. The van der Waals surface area contributed by atoms with E-state index >= 15 is 0 Å². The zero-order valence-corrected chi connectivity index (χ0v) is 14.6. The molecule has 0 saturated carbocycles. The van der Waals surface area contributed by atoms with E-state index in [9.17, 15) is 17.6 Å². The number of carbonyl (C=O) groups is 1. The predicted octanol–water partition coefficient (Wildman–Crippen LogP) is 3.60. The van der Waals surface area contributed by atoms with E-state index in [1.165, 1.54) is 29.5 Å². The number of rotatable bonds is 6. The molecule has 128 valence electrons. The SMILES string of the molecule is O=C(c1ccccc1)c1ccc(CNS(=O)(=O)c2cccc(F)c2)s1. The number of hydrogen-bond donors (Lipinski definition) is 1. The Hall–Kier alpha value is -2.35. The fourth-order valence-corrected chi connectivity index (χ4v) is 4.25. The Bertz CT molecular complexity index is 998. The van der Waals surface area contributed by atoms with Gasteiger partial charge in [-0.1, -0.05) is 36.4 Å². The Morgan fingerprint density at radius 2 is 1.76 bits per heavy atom. The van der Waals surface area contributed by atoms with Crippen molar-refractivity contribution in [3.8, 4) is 0 Å². The Morgan fingerprint density at radius 1 is 1.00 bits per heavy atom. The lowest BCUT2D eigenvalue weighted by atomic mass is 10.1. The lowest BCUT2D eigenvalue weighted by Gasteiger charge is -2.05. The number of halogens is 1. The van der Waals surface area contributed by atoms with Crippen molar-refractivity contribution in [2.24, 2.45) is 0 Å². The first-order valence-corrected chi connectivity index (χ1v) is 9.69. The molecule has 0 fully saturated rings. The van der Waals surface area contributed by atoms with Crippen LogP contribution < -0.4 is 4.72 Å². The van der Waals surface area contributed by atoms with Crippen molar-refractivity contribution < 1.29 is 17.6 Å². The van der Waals surface area contributed by atoms with Crippen LogP contribution in [0, 0.1) is 5.82 Å². The second-order valence-electron chi connectivity index (χ2n) is 5.24. The molecule has 1 N–H and O–H groups in total. The van der Waals surface area contributed by atoms with Gasteiger partial charge < -0.3 is 0 Å². The van der Waals surface area contributed by atoms with E-state index in [1.54, 1.807) is 36.4 Å². The molecule has 3 rings (SSSR count). The lowest BCUT2D eigenvalue weighted by Crippen LogP contribution is -2.22. The van der Waals surface area contributed by atoms with Gasteiger partial charge in [-0.05, 0) is 30.3 Å². The molecule has 4 nitrogen and oxygen atoms in total. The fraction of sp³-hybridized carbons (Fsp3) is 0.0556. The summed E-state index contributed by atoms with van der Waals surface area (Å²) in [4.78, 5) is 13.4. The molecule has 0 aliphatic heterocycles. The van der Waals surface area contributed by atoms with Crippen LogP contribution in [0.5, 0.6) is 0 Å². The molecule has 0 saturated heterocycles. The molecule has 0 aliphatic carbocycles. The van der Waals surface area contributed by atoms with Gasteiger partial charge in [-0.25, -0.2) is 17.5 Å². The van der Waals surface area contributed by atoms with E-state index in [2.05, 4.69) is 4.72 Å². The first kappa shape index (κ1) is 17.5. The number of benzene rings is 2. The third-order valence-electron chi connectivity index (χ3n) is 3.46. The average Bonchev–Trinajstić information content (AvgIpc) is 3.09. The maximum atomic E-state index is 13.2. The van der Waals surface area contributed by atoms with Gasteiger partial charge in [-0.3, -0.25) is 4.79 Å². The highest BCUT2D eigenvalue weighted by atomic mass is 32.2. The monoisotopic (exact) mass is 375 g/mol. The van der Waals surface area contributed by atoms with Crippen LogP contribution in [-0.4, -0.2) is 14.2 Å². The van der Waals surface area contributed by atoms with Crippen LogP contribution in [0.15, 0.2) is 71.6 Å². The first-order valence-electron chi connectivity index (χ1n) is 7.39. The molecule has 1 heterocycles. The van der Waals surface area contributed by atoms with Crippen molar-refractivity contribution in [3.05, 3.63) is 87.9 Å². The second-order valence-corrected chi connectivity index (χ2v) is 8.18. The zero-order chi connectivity index (χ0) is 17.9. The third-order valence-corrected chi connectivity index (χ3v) is 5.95. The minimum absolute atomic E-state index is 0.0333. The predicted molar refractivity (Wildman–Crippen MR) is 94.6 cm³/mol. The topological polar surface area (TPSA) is 63.2 Å². The number of thiophene rings is 1. The minimum atomic E-state index is -3.81. The van der Waals surface area contributed by atoms with Gasteiger partial charge in [0.05, 0.1) is 9.77 Å². The van der Waals surface area contributed by atoms with Gasteiger partial charge in [0.1, 0.15) is 5.82 Å². The summed E-state index contributed by atoms with van der Waals surface area (Å²) in [5.74, 6) is -0.723. The molecule has 0 aliphatic rings. The average molecular weight is 375 g/mol. The minimum Gasteiger partial charge on any atom is -0.288 e. The van der Waals surface area contributed by atoms with Crippen molar-refractivity contribution in [3.63, 3.8) is 0 Å². The Morgan fingerprint density at radius 3 is 2.48 bits per heavy atom. The smallest absolute Gasteiger partial charge is 0.240 e. The van der Waals surface area contributed by atoms with Crippen LogP contribution >= 0.6 is 11.3 Å². The van der Waals surface area contributed by atoms with Crippen molar-refractivity contribution in [2.75, 3.05) is 0 Å². The molecule has 25 heavy (non-hydrogen) atoms. The van der Waals surface area contributed by atoms with Gasteiger partial charge in [-0.15, -0.1) is 11.3 Å². The molecule has 0 amide bonds. The summed E-state index contributed by atoms with van der Waals surface area (Å²) >= 11 is 1.22. The van der Waals surface area contributed by atoms with Crippen molar-refractivity contribution in [1.29, 1.82) is 0 Å². The van der Waals surface area contributed by atoms with Crippen molar-refractivity contribution >= 4 is 27.1 Å². The first-order chi connectivity index (χ1) is 12.0. The summed E-state index contributed by atoms with van der Waals surface area (Å²) in [7, 11) is -3.81. The van der Waals surface area contributed by atoms with Crippen LogP contribution in [-0.2, 0) is 16.6 Å². The summed E-state index contributed by atoms with van der Waals surface area (Å²) in [5, 5.41) is 0. The number of nitrogens with one attached hydrogen (secondary N) is 1. The number of carbonyl (C=O) groups excluding carboxylic acids is 1. The molecular formula is C18H14FNO3S2. The highest BCUT2D eigenvalue weighted by Gasteiger charge is 2.16. The molecular weight excluding hydrogens is 361 g/mol. The number of ketones is 1. The maximum Gasteiger partial charge on any atom is 0.240 e. The Kier molecular flexibility index (Phi) is 5.08. The van der Waals surface area contributed by atoms with E-state index in [4.69, 9.17) is 0 Å². The van der Waals surface area contributed by atoms with Crippen LogP contribution in [0.3, 0.4) is 0 Å². The molecule has 0 radical (unpaired) electrons. The van der Waals surface area contributed by atoms with Gasteiger partial charge in [0.15, 0.2) is 0 Å². The second kappa shape index (κ2) is 7.26. The zero-order valence-electron chi connectivity index (χ0n) is 13.0. The summed E-state index contributed by atoms with van der Waals surface area (Å²) in [6.07, 6.45) is 0. The maximum absolute atomic E-state index is 13.2. The molecule has 0 spiro atoms. The van der Waals surface area contributed by atoms with Crippen LogP contribution in [0.25, 0.3) is 0 Å². The van der Waals surface area contributed by atoms with E-state index in [1.807, 2.05) is 6.07 Å². The largest absolute Gasteiger partial charge is 0.288 e. The molecule has 0 unspecified atom stereocenters. The lowest BCUT2D eigenvalue weighted by molar-refractivity contribution is 0.104. The van der Waals surface area contributed by atoms with E-state index in [0.717, 1.165) is 6.07 Å². The van der Waals surface area contributed by atoms with Crippen molar-refractivity contribution in [1.82, 2.24) is 4.72 Å². The molecule has 2 aromatic carbocycles. The molecule has 0 atom stereocenters. The summed E-state index contributed by atoms with van der Waals surface area (Å²) in [6, 6.07) is 17.0.